The van der Waals surface area contributed by atoms with Crippen LogP contribution in [0.2, 0.25) is 0 Å². The van der Waals surface area contributed by atoms with Crippen LogP contribution in [0.4, 0.5) is 0 Å². The number of alkyl halides is 1. The molecule has 0 N–H and O–H groups in total. The highest BCUT2D eigenvalue weighted by molar-refractivity contribution is 9.11. The second kappa shape index (κ2) is 16.7. The molecule has 248 valence electrons. The minimum Gasteiger partial charge on any atom is -0.459 e. The number of benzene rings is 4. The van der Waals surface area contributed by atoms with E-state index in [1.807, 2.05) is 0 Å². The number of hydrogen-bond donors (Lipinski definition) is 0. The Hall–Kier alpha value is -2.88. The maximum Gasteiger partial charge on any atom is 0.338 e. The summed E-state index contributed by atoms with van der Waals surface area (Å²) in [6, 6.07) is 26.1. The maximum absolute atomic E-state index is 13.6. The summed E-state index contributed by atoms with van der Waals surface area (Å²) in [6.07, 6.45) is -5.36. The van der Waals surface area contributed by atoms with E-state index >= 15 is 0 Å². The minimum atomic E-state index is -1.43. The van der Waals surface area contributed by atoms with Crippen molar-refractivity contribution in [2.24, 2.45) is 0 Å². The molecular formula is C34H23Br5O9. The van der Waals surface area contributed by atoms with E-state index in [0.29, 0.717) is 17.9 Å². The first kappa shape index (κ1) is 36.4. The van der Waals surface area contributed by atoms with Gasteiger partial charge in [0.05, 0.1) is 22.3 Å². The topological polar surface area (TPSA) is 114 Å². The Labute approximate surface area is 317 Å². The molecule has 9 nitrogen and oxygen atoms in total. The van der Waals surface area contributed by atoms with Crippen molar-refractivity contribution in [3.8, 4) is 0 Å². The zero-order valence-corrected chi connectivity index (χ0v) is 32.3. The number of carbonyl (C=O) groups excluding carboxylic acids is 4. The number of rotatable bonds is 9. The lowest BCUT2D eigenvalue weighted by Gasteiger charge is -2.43. The number of ether oxygens (including phenoxy) is 5. The van der Waals surface area contributed by atoms with Crippen LogP contribution in [-0.2, 0) is 23.7 Å². The smallest absolute Gasteiger partial charge is 0.338 e. The quantitative estimate of drug-likeness (QED) is 0.0924. The molecule has 4 aromatic carbocycles. The van der Waals surface area contributed by atoms with E-state index in [9.17, 15) is 19.2 Å². The first-order valence-electron chi connectivity index (χ1n) is 14.1. The summed E-state index contributed by atoms with van der Waals surface area (Å²) in [5.74, 6) is -3.01. The lowest BCUT2D eigenvalue weighted by Crippen LogP contribution is -2.61. The molecule has 0 radical (unpaired) electrons. The molecule has 4 aromatic rings. The molecule has 48 heavy (non-hydrogen) atoms. The van der Waals surface area contributed by atoms with Gasteiger partial charge in [-0.3, -0.25) is 0 Å². The van der Waals surface area contributed by atoms with Gasteiger partial charge in [0.2, 0.25) is 0 Å². The summed E-state index contributed by atoms with van der Waals surface area (Å²) in [5, 5.41) is -1.09. The van der Waals surface area contributed by atoms with E-state index in [-0.39, 0.29) is 22.3 Å². The Morgan fingerprint density at radius 1 is 0.521 bits per heavy atom. The fourth-order valence-electron chi connectivity index (χ4n) is 4.68. The molecule has 1 aliphatic rings. The van der Waals surface area contributed by atoms with Crippen molar-refractivity contribution < 1.29 is 42.9 Å². The van der Waals surface area contributed by atoms with Crippen molar-refractivity contribution in [2.75, 3.05) is 6.61 Å². The molecule has 5 atom stereocenters. The summed E-state index contributed by atoms with van der Waals surface area (Å²) in [7, 11) is 0. The van der Waals surface area contributed by atoms with E-state index in [4.69, 9.17) is 23.7 Å². The highest BCUT2D eigenvalue weighted by atomic mass is 79.9. The second-order valence-corrected chi connectivity index (χ2v) is 14.8. The first-order chi connectivity index (χ1) is 23.0. The van der Waals surface area contributed by atoms with E-state index in [0.717, 1.165) is 0 Å². The van der Waals surface area contributed by atoms with Gasteiger partial charge in [0.1, 0.15) is 12.7 Å². The summed E-state index contributed by atoms with van der Waals surface area (Å²) in [5.41, 5.74) is 0.814. The lowest BCUT2D eigenvalue weighted by molar-refractivity contribution is -0.205. The Balaban J connectivity index is 1.51. The summed E-state index contributed by atoms with van der Waals surface area (Å²) in [6.45, 7) is -0.416. The van der Waals surface area contributed by atoms with Crippen LogP contribution in [0, 0.1) is 0 Å². The van der Waals surface area contributed by atoms with E-state index in [2.05, 4.69) is 79.6 Å². The van der Waals surface area contributed by atoms with Crippen molar-refractivity contribution in [3.05, 3.63) is 137 Å². The normalized spacial score (nSPS) is 20.3. The molecule has 0 aromatic heterocycles. The summed E-state index contributed by atoms with van der Waals surface area (Å²) >= 11 is 16.8. The van der Waals surface area contributed by atoms with Crippen LogP contribution in [0.3, 0.4) is 0 Å². The third kappa shape index (κ3) is 9.42. The van der Waals surface area contributed by atoms with Crippen LogP contribution >= 0.6 is 79.6 Å². The van der Waals surface area contributed by atoms with Gasteiger partial charge in [0, 0.05) is 17.9 Å². The molecular weight excluding hydrogens is 952 g/mol. The van der Waals surface area contributed by atoms with Crippen LogP contribution in [0.5, 0.6) is 0 Å². The molecule has 1 fully saturated rings. The predicted molar refractivity (Wildman–Crippen MR) is 192 cm³/mol. The first-order valence-corrected chi connectivity index (χ1v) is 18.2. The molecule has 1 aliphatic heterocycles. The average molecular weight is 975 g/mol. The van der Waals surface area contributed by atoms with Gasteiger partial charge in [0.15, 0.2) is 23.3 Å². The molecule has 0 bridgehead atoms. The van der Waals surface area contributed by atoms with E-state index in [1.54, 1.807) is 97.1 Å². The molecule has 0 aliphatic carbocycles. The largest absolute Gasteiger partial charge is 0.459 e. The Bertz CT molecular complexity index is 1830. The number of hydrogen-bond acceptors (Lipinski definition) is 9. The maximum atomic E-state index is 13.6. The molecule has 14 heteroatoms. The van der Waals surface area contributed by atoms with Crippen molar-refractivity contribution in [1.29, 1.82) is 0 Å². The van der Waals surface area contributed by atoms with Crippen molar-refractivity contribution >= 4 is 104 Å². The number of esters is 4. The average Bonchev–Trinajstić information content (AvgIpc) is 3.06. The molecule has 0 spiro atoms. The number of carbonyl (C=O) groups is 4. The highest BCUT2D eigenvalue weighted by Crippen LogP contribution is 2.34. The Morgan fingerprint density at radius 3 is 1.27 bits per heavy atom. The Kier molecular flexibility index (Phi) is 12.7. The Morgan fingerprint density at radius 2 is 0.875 bits per heavy atom. The van der Waals surface area contributed by atoms with Gasteiger partial charge in [-0.25, -0.2) is 19.2 Å². The van der Waals surface area contributed by atoms with Crippen molar-refractivity contribution in [3.63, 3.8) is 0 Å². The molecule has 0 saturated carbocycles. The van der Waals surface area contributed by atoms with Gasteiger partial charge < -0.3 is 23.7 Å². The summed E-state index contributed by atoms with van der Waals surface area (Å²) < 4.78 is 32.1. The lowest BCUT2D eigenvalue weighted by atomic mass is 9.99. The van der Waals surface area contributed by atoms with Crippen LogP contribution in [0.25, 0.3) is 0 Å². The summed E-state index contributed by atoms with van der Waals surface area (Å²) in [4.78, 5) is 53.5. The van der Waals surface area contributed by atoms with Crippen molar-refractivity contribution in [2.45, 2.75) is 29.4 Å². The van der Waals surface area contributed by atoms with Gasteiger partial charge in [-0.1, -0.05) is 104 Å². The fraction of sp³-hybridized carbons (Fsp3) is 0.176. The van der Waals surface area contributed by atoms with Crippen LogP contribution in [-0.4, -0.2) is 59.9 Å². The molecule has 1 saturated heterocycles. The van der Waals surface area contributed by atoms with Gasteiger partial charge in [-0.15, -0.1) is 0 Å². The van der Waals surface area contributed by atoms with Crippen molar-refractivity contribution in [1.82, 2.24) is 0 Å². The van der Waals surface area contributed by atoms with E-state index in [1.165, 1.54) is 0 Å². The zero-order chi connectivity index (χ0) is 34.4. The third-order valence-electron chi connectivity index (χ3n) is 6.93. The van der Waals surface area contributed by atoms with Gasteiger partial charge in [0.25, 0.3) is 0 Å². The van der Waals surface area contributed by atoms with Gasteiger partial charge >= 0.3 is 23.9 Å². The predicted octanol–water partition coefficient (Wildman–Crippen LogP) is 8.69. The molecule has 5 rings (SSSR count). The molecule has 0 amide bonds. The second-order valence-electron chi connectivity index (χ2n) is 10.3. The monoisotopic (exact) mass is 970 g/mol. The SMILES string of the molecule is O=C(OC[C@H]1O[C@H](Br)[C@H](OC(=O)c2cccc(Br)c2)[C@@H](OC(=O)c2cccc(Br)c2)[C@@H]1OC(=O)c1cccc(Br)c1)c1cccc(Br)c1. The van der Waals surface area contributed by atoms with Crippen LogP contribution in [0.1, 0.15) is 41.4 Å². The zero-order valence-electron chi connectivity index (χ0n) is 24.4. The van der Waals surface area contributed by atoms with E-state index < -0.39 is 59.9 Å². The van der Waals surface area contributed by atoms with Crippen LogP contribution in [0.15, 0.2) is 115 Å². The highest BCUT2D eigenvalue weighted by Gasteiger charge is 2.52. The minimum absolute atomic E-state index is 0.175. The van der Waals surface area contributed by atoms with Crippen LogP contribution < -0.4 is 0 Å². The van der Waals surface area contributed by atoms with Gasteiger partial charge in [-0.2, -0.15) is 0 Å². The number of halogens is 5. The molecule has 1 heterocycles. The fourth-order valence-corrected chi connectivity index (χ4v) is 6.96. The molecule has 0 unspecified atom stereocenters. The third-order valence-corrected chi connectivity index (χ3v) is 9.64. The standard InChI is InChI=1S/C34H23Br5O9/c35-22-9-1-5-18(13-22)31(40)44-17-26-27(46-32(41)19-6-2-10-23(36)14-19)28(47-33(42)20-7-3-11-24(37)15-20)29(30(39)45-26)48-34(43)21-8-4-12-25(38)16-21/h1-16,26-30H,17H2/t26-,27-,28+,29-,30+/m1/s1. The van der Waals surface area contributed by atoms with Gasteiger partial charge in [-0.05, 0) is 72.8 Å².